The van der Waals surface area contributed by atoms with E-state index in [1.165, 1.54) is 48.7 Å². The number of para-hydroxylation sites is 7. The van der Waals surface area contributed by atoms with Crippen LogP contribution in [0.5, 0.6) is 0 Å². The fourth-order valence-electron chi connectivity index (χ4n) is 20.0. The maximum atomic E-state index is 6.25. The van der Waals surface area contributed by atoms with Crippen LogP contribution in [0.4, 0.5) is 0 Å². The summed E-state index contributed by atoms with van der Waals surface area (Å²) >= 11 is 0. The van der Waals surface area contributed by atoms with Crippen LogP contribution in [-0.2, 0) is 0 Å². The van der Waals surface area contributed by atoms with Crippen molar-refractivity contribution in [1.29, 1.82) is 0 Å². The number of hydrogen-bond acceptors (Lipinski definition) is 13. The molecule has 0 radical (unpaired) electrons. The summed E-state index contributed by atoms with van der Waals surface area (Å²) in [7, 11) is 0. The van der Waals surface area contributed by atoms with Crippen LogP contribution in [0.25, 0.3) is 272 Å². The van der Waals surface area contributed by atoms with Crippen molar-refractivity contribution in [2.24, 2.45) is 0 Å². The third-order valence-corrected chi connectivity index (χ3v) is 26.7. The van der Waals surface area contributed by atoms with Gasteiger partial charge in [0.15, 0.2) is 16.8 Å². The van der Waals surface area contributed by atoms with Gasteiger partial charge in [0.1, 0.15) is 22.7 Å². The van der Waals surface area contributed by atoms with Crippen LogP contribution in [-0.4, -0.2) is 59.4 Å². The van der Waals surface area contributed by atoms with Gasteiger partial charge in [-0.25, -0.2) is 39.9 Å². The summed E-state index contributed by atoms with van der Waals surface area (Å²) in [4.78, 5) is 54.9. The third kappa shape index (κ3) is 15.9. The molecule has 0 bridgehead atoms. The fourth-order valence-corrected chi connectivity index (χ4v) is 20.0. The van der Waals surface area contributed by atoms with E-state index < -0.39 is 0 Å². The lowest BCUT2D eigenvalue weighted by molar-refractivity contribution is 0.616. The van der Waals surface area contributed by atoms with Gasteiger partial charge in [-0.2, -0.15) is 4.98 Å². The molecule has 0 saturated carbocycles. The highest BCUT2D eigenvalue weighted by molar-refractivity contribution is 6.16. The van der Waals surface area contributed by atoms with Crippen LogP contribution < -0.4 is 0 Å². The van der Waals surface area contributed by atoms with Crippen LogP contribution in [0, 0.1) is 0 Å². The molecule has 28 aromatic rings. The van der Waals surface area contributed by atoms with Crippen LogP contribution in [0.1, 0.15) is 0 Å². The standard InChI is InChI=1S/C53H34N4.C39H23N5O.C37H23N3O/c1-4-16-35(17-5-1)51-52(36-18-6-2-7-19-36)55-48-34-37(28-29-46(48)54-51)40-31-41(50-44-24-12-10-20-38(44)30-39-21-11-13-25-45(39)50)33-42(32-40)53-56-47-26-14-15-27-49(47)57(53)43-22-8-3-9-23-43;1-2-11-24(12-3-1)36-37(43-32-18-9-8-17-31(32)42-36)33-22-26(23-34(41-33)39-44-38-35(45-39)19-10-20-40-38)30-21-25-13-4-5-14-27(25)28-15-6-7-16-29(28)30;1-2-9-25(10-3-1)31-17-18-32(36-35(31)38-19-20-39-36)27-21-26(30-14-8-12-24-11-4-5-13-29(24)30)22-28(23-27)37-40-33-15-6-7-16-34(33)41-37/h1-34H;1-23H;1-23H. The third-order valence-electron chi connectivity index (χ3n) is 26.7. The van der Waals surface area contributed by atoms with E-state index in [1.807, 2.05) is 115 Å². The normalized spacial score (nSPS) is 11.5. The number of oxazole rings is 2. The second-order valence-corrected chi connectivity index (χ2v) is 35.5. The Morgan fingerprint density at radius 2 is 0.664 bits per heavy atom. The van der Waals surface area contributed by atoms with Gasteiger partial charge in [0.05, 0.1) is 66.9 Å². The average molecular weight is 1830 g/mol. The molecule has 20 aromatic carbocycles. The van der Waals surface area contributed by atoms with Crippen molar-refractivity contribution in [2.75, 3.05) is 0 Å². The fraction of sp³-hybridized carbons (Fsp3) is 0. The van der Waals surface area contributed by atoms with Crippen LogP contribution >= 0.6 is 0 Å². The SMILES string of the molecule is c1ccc(-c2ccc(-c3cc(-c4nc5ccccc5o4)cc(-c4cccc5ccccc45)c3)c3nccnc23)cc1.c1ccc(-c2nc3ccc(-c4cc(-c5c6ccccc6cc6ccccc56)cc(-c5nc6ccccc6n5-c5ccccc5)c4)cc3nc2-c2ccccc2)cc1.c1ccc(-c2nc3ccccc3nc2-c2cc(-c3cc4ccccc4c4ccccc34)cc(-c3nc4ncccc4o3)n2)cc1. The van der Waals surface area contributed by atoms with E-state index in [9.17, 15) is 0 Å². The molecule has 0 aliphatic rings. The highest BCUT2D eigenvalue weighted by Gasteiger charge is 2.26. The van der Waals surface area contributed by atoms with Crippen molar-refractivity contribution < 1.29 is 8.83 Å². The predicted molar refractivity (Wildman–Crippen MR) is 582 cm³/mol. The first-order valence-corrected chi connectivity index (χ1v) is 47.6. The lowest BCUT2D eigenvalue weighted by atomic mass is 9.89. The maximum absolute atomic E-state index is 6.25. The molecule has 14 heteroatoms. The van der Waals surface area contributed by atoms with Gasteiger partial charge in [-0.05, 0) is 243 Å². The molecule has 0 fully saturated rings. The molecular formula is C129H80N12O2. The minimum atomic E-state index is 0.395. The number of aromatic nitrogens is 12. The number of hydrogen-bond donors (Lipinski definition) is 0. The van der Waals surface area contributed by atoms with E-state index in [-0.39, 0.29) is 0 Å². The Balaban J connectivity index is 0.000000111. The first kappa shape index (κ1) is 84.0. The van der Waals surface area contributed by atoms with Gasteiger partial charge in [-0.1, -0.05) is 334 Å². The van der Waals surface area contributed by atoms with Crippen LogP contribution in [0.2, 0.25) is 0 Å². The minimum Gasteiger partial charge on any atom is -0.436 e. The van der Waals surface area contributed by atoms with Crippen molar-refractivity contribution in [3.05, 3.63) is 486 Å². The van der Waals surface area contributed by atoms with Gasteiger partial charge in [0.25, 0.3) is 0 Å². The topological polar surface area (TPSA) is 173 Å². The van der Waals surface area contributed by atoms with E-state index in [0.717, 1.165) is 184 Å². The Morgan fingerprint density at radius 3 is 1.33 bits per heavy atom. The Kier molecular flexibility index (Phi) is 21.2. The summed E-state index contributed by atoms with van der Waals surface area (Å²) in [5, 5.41) is 11.9. The second kappa shape index (κ2) is 36.2. The van der Waals surface area contributed by atoms with Gasteiger partial charge in [0.2, 0.25) is 11.8 Å². The van der Waals surface area contributed by atoms with E-state index in [0.29, 0.717) is 40.1 Å². The lowest BCUT2D eigenvalue weighted by Gasteiger charge is -2.17. The summed E-state index contributed by atoms with van der Waals surface area (Å²) in [5.74, 6) is 1.87. The quantitative estimate of drug-likeness (QED) is 0.0744. The predicted octanol–water partition coefficient (Wildman–Crippen LogP) is 32.7. The van der Waals surface area contributed by atoms with Crippen molar-refractivity contribution in [3.63, 3.8) is 0 Å². The van der Waals surface area contributed by atoms with Gasteiger partial charge >= 0.3 is 0 Å². The molecule has 0 saturated heterocycles. The molecular weight excluding hydrogens is 1750 g/mol. The molecule has 0 aliphatic carbocycles. The largest absolute Gasteiger partial charge is 0.436 e. The molecule has 0 atom stereocenters. The summed E-state index contributed by atoms with van der Waals surface area (Å²) in [6.07, 6.45) is 5.23. The van der Waals surface area contributed by atoms with E-state index in [4.69, 9.17) is 58.7 Å². The zero-order chi connectivity index (χ0) is 94.6. The molecule has 8 aromatic heterocycles. The summed E-state index contributed by atoms with van der Waals surface area (Å²) in [6.45, 7) is 0. The Hall–Kier alpha value is -19.6. The first-order valence-electron chi connectivity index (χ1n) is 47.6. The summed E-state index contributed by atoms with van der Waals surface area (Å²) in [6, 6.07) is 162. The lowest BCUT2D eigenvalue weighted by Crippen LogP contribution is -1.99. The maximum Gasteiger partial charge on any atom is 0.247 e. The number of pyridine rings is 2. The molecule has 0 amide bonds. The van der Waals surface area contributed by atoms with Crippen molar-refractivity contribution in [1.82, 2.24) is 59.4 Å². The summed E-state index contributed by atoms with van der Waals surface area (Å²) < 4.78 is 14.7. The molecule has 28 rings (SSSR count). The number of fused-ring (bicyclic) bond motifs is 12. The van der Waals surface area contributed by atoms with E-state index in [2.05, 4.69) is 361 Å². The van der Waals surface area contributed by atoms with Gasteiger partial charge in [-0.15, -0.1) is 0 Å². The monoisotopic (exact) mass is 1830 g/mol. The molecule has 0 N–H and O–H groups in total. The minimum absolute atomic E-state index is 0.395. The zero-order valence-electron chi connectivity index (χ0n) is 76.9. The van der Waals surface area contributed by atoms with E-state index >= 15 is 0 Å². The summed E-state index contributed by atoms with van der Waals surface area (Å²) in [5.41, 5.74) is 33.2. The average Bonchev–Trinajstić information content (AvgIpc) is 1.33. The molecule has 14 nitrogen and oxygen atoms in total. The Labute approximate surface area is 820 Å². The van der Waals surface area contributed by atoms with Crippen molar-refractivity contribution >= 4 is 120 Å². The Bertz CT molecular complexity index is 9700. The van der Waals surface area contributed by atoms with Gasteiger partial charge in [-0.3, -0.25) is 14.5 Å². The number of rotatable bonds is 14. The number of benzene rings is 20. The van der Waals surface area contributed by atoms with Crippen LogP contribution in [0.3, 0.4) is 0 Å². The molecule has 143 heavy (non-hydrogen) atoms. The number of nitrogens with zero attached hydrogens (tertiary/aromatic N) is 12. The van der Waals surface area contributed by atoms with Gasteiger partial charge < -0.3 is 8.83 Å². The second-order valence-electron chi connectivity index (χ2n) is 35.5. The molecule has 8 heterocycles. The molecule has 0 unspecified atom stereocenters. The smallest absolute Gasteiger partial charge is 0.247 e. The molecule has 0 spiro atoms. The molecule has 668 valence electrons. The highest BCUT2D eigenvalue weighted by Crippen LogP contribution is 2.47. The van der Waals surface area contributed by atoms with Crippen molar-refractivity contribution in [2.45, 2.75) is 0 Å². The first-order chi connectivity index (χ1) is 70.8. The van der Waals surface area contributed by atoms with E-state index in [1.54, 1.807) is 18.6 Å². The van der Waals surface area contributed by atoms with Crippen molar-refractivity contribution in [3.8, 4) is 152 Å². The van der Waals surface area contributed by atoms with Gasteiger partial charge in [0, 0.05) is 63.2 Å². The Morgan fingerprint density at radius 1 is 0.196 bits per heavy atom. The molecule has 0 aliphatic heterocycles. The number of imidazole rings is 1. The van der Waals surface area contributed by atoms with Crippen LogP contribution in [0.15, 0.2) is 495 Å². The zero-order valence-corrected chi connectivity index (χ0v) is 76.9. The highest BCUT2D eigenvalue weighted by atomic mass is 16.4.